The summed E-state index contributed by atoms with van der Waals surface area (Å²) in [5.41, 5.74) is 4.11. The third kappa shape index (κ3) is 7.73. The van der Waals surface area contributed by atoms with Gasteiger partial charge in [-0.3, -0.25) is 14.6 Å². The minimum absolute atomic E-state index is 0.0244. The molecule has 216 valence electrons. The van der Waals surface area contributed by atoms with Gasteiger partial charge in [0.05, 0.1) is 17.2 Å². The van der Waals surface area contributed by atoms with Crippen LogP contribution in [-0.2, 0) is 27.3 Å². The first-order valence-corrected chi connectivity index (χ1v) is 14.4. The summed E-state index contributed by atoms with van der Waals surface area (Å²) in [5.74, 6) is -1.11. The topological polar surface area (TPSA) is 102 Å². The van der Waals surface area contributed by atoms with Gasteiger partial charge in [0, 0.05) is 61.6 Å². The molecule has 0 saturated heterocycles. The first-order valence-electron chi connectivity index (χ1n) is 13.5. The molecule has 1 unspecified atom stereocenters. The van der Waals surface area contributed by atoms with Crippen LogP contribution in [0, 0.1) is 5.82 Å². The zero-order valence-electron chi connectivity index (χ0n) is 23.1. The standard InChI is InChI=1S/C32H31FN4O4S/c1-40-15-14-34-20-21-6-5-7-22(16-21)29-18-26-32(42-29)28(12-13-35-26)41-27-11-10-24(17-25(27)33)37-31(39)19-30(38)36-23-8-3-2-4-9-23/h2-13,16-17,29,34H,14-15,18-20H2,1H3,(H,36,38)(H,37,39). The number of hydrogen-bond acceptors (Lipinski definition) is 7. The van der Waals surface area contributed by atoms with E-state index in [-0.39, 0.29) is 16.7 Å². The first-order chi connectivity index (χ1) is 20.5. The SMILES string of the molecule is COCCNCc1cccc(C2Cc3nccc(Oc4ccc(NC(=O)CC(=O)Nc5ccccc5)cc4F)c3S2)c1. The van der Waals surface area contributed by atoms with Crippen LogP contribution >= 0.6 is 11.8 Å². The lowest BCUT2D eigenvalue weighted by atomic mass is 10.0. The van der Waals surface area contributed by atoms with Crippen LogP contribution in [0.4, 0.5) is 15.8 Å². The highest BCUT2D eigenvalue weighted by molar-refractivity contribution is 8.00. The maximum absolute atomic E-state index is 15.0. The van der Waals surface area contributed by atoms with E-state index in [0.29, 0.717) is 18.0 Å². The van der Waals surface area contributed by atoms with Gasteiger partial charge in [0.2, 0.25) is 11.8 Å². The van der Waals surface area contributed by atoms with Crippen LogP contribution in [0.2, 0.25) is 0 Å². The number of methoxy groups -OCH3 is 1. The fraction of sp³-hybridized carbons (Fsp3) is 0.219. The van der Waals surface area contributed by atoms with Crippen LogP contribution < -0.4 is 20.7 Å². The van der Waals surface area contributed by atoms with E-state index in [1.807, 2.05) is 6.07 Å². The number of hydrogen-bond donors (Lipinski definition) is 3. The average Bonchev–Trinajstić information content (AvgIpc) is 3.43. The van der Waals surface area contributed by atoms with Gasteiger partial charge in [-0.2, -0.15) is 0 Å². The summed E-state index contributed by atoms with van der Waals surface area (Å²) in [6.07, 6.45) is 2.01. The Morgan fingerprint density at radius 2 is 1.76 bits per heavy atom. The molecule has 0 bridgehead atoms. The molecule has 1 aliphatic heterocycles. The summed E-state index contributed by atoms with van der Waals surface area (Å²) >= 11 is 1.65. The number of aromatic nitrogens is 1. The van der Waals surface area contributed by atoms with E-state index in [9.17, 15) is 9.59 Å². The second kappa shape index (κ2) is 14.1. The highest BCUT2D eigenvalue weighted by Gasteiger charge is 2.28. The van der Waals surface area contributed by atoms with E-state index >= 15 is 4.39 Å². The summed E-state index contributed by atoms with van der Waals surface area (Å²) in [5, 5.41) is 8.74. The number of amides is 2. The predicted molar refractivity (Wildman–Crippen MR) is 161 cm³/mol. The lowest BCUT2D eigenvalue weighted by Crippen LogP contribution is -2.21. The van der Waals surface area contributed by atoms with Gasteiger partial charge in [0.25, 0.3) is 0 Å². The quantitative estimate of drug-likeness (QED) is 0.136. The van der Waals surface area contributed by atoms with E-state index in [1.54, 1.807) is 55.4 Å². The van der Waals surface area contributed by atoms with Crippen molar-refractivity contribution in [2.24, 2.45) is 0 Å². The Morgan fingerprint density at radius 3 is 2.55 bits per heavy atom. The Hall–Kier alpha value is -4.25. The number of benzene rings is 3. The van der Waals surface area contributed by atoms with Crippen LogP contribution in [0.25, 0.3) is 0 Å². The Labute approximate surface area is 248 Å². The number of nitrogens with one attached hydrogen (secondary N) is 3. The van der Waals surface area contributed by atoms with Gasteiger partial charge >= 0.3 is 0 Å². The highest BCUT2D eigenvalue weighted by atomic mass is 32.2. The largest absolute Gasteiger partial charge is 0.453 e. The number of ether oxygens (including phenoxy) is 2. The summed E-state index contributed by atoms with van der Waals surface area (Å²) < 4.78 is 26.1. The molecule has 42 heavy (non-hydrogen) atoms. The lowest BCUT2D eigenvalue weighted by molar-refractivity contribution is -0.123. The fourth-order valence-electron chi connectivity index (χ4n) is 4.54. The summed E-state index contributed by atoms with van der Waals surface area (Å²) in [6, 6.07) is 23.2. The summed E-state index contributed by atoms with van der Waals surface area (Å²) in [6.45, 7) is 2.20. The number of para-hydroxylation sites is 1. The maximum Gasteiger partial charge on any atom is 0.233 e. The molecule has 0 radical (unpaired) electrons. The van der Waals surface area contributed by atoms with Crippen LogP contribution in [0.3, 0.4) is 0 Å². The second-order valence-electron chi connectivity index (χ2n) is 9.70. The number of thioether (sulfide) groups is 1. The molecule has 4 aromatic rings. The second-order valence-corrected chi connectivity index (χ2v) is 10.9. The third-order valence-electron chi connectivity index (χ3n) is 6.53. The molecular formula is C32H31FN4O4S. The van der Waals surface area contributed by atoms with E-state index in [1.165, 1.54) is 29.3 Å². The molecule has 1 atom stereocenters. The molecule has 8 nitrogen and oxygen atoms in total. The number of fused-ring (bicyclic) bond motifs is 1. The van der Waals surface area contributed by atoms with Crippen molar-refractivity contribution in [1.82, 2.24) is 10.3 Å². The summed E-state index contributed by atoms with van der Waals surface area (Å²) in [7, 11) is 1.68. The van der Waals surface area contributed by atoms with Gasteiger partial charge in [-0.25, -0.2) is 4.39 Å². The fourth-order valence-corrected chi connectivity index (χ4v) is 5.84. The van der Waals surface area contributed by atoms with E-state index in [2.05, 4.69) is 45.2 Å². The molecule has 10 heteroatoms. The zero-order valence-corrected chi connectivity index (χ0v) is 23.9. The van der Waals surface area contributed by atoms with Crippen LogP contribution in [-0.4, -0.2) is 37.1 Å². The summed E-state index contributed by atoms with van der Waals surface area (Å²) in [4.78, 5) is 29.9. The van der Waals surface area contributed by atoms with Crippen molar-refractivity contribution in [3.05, 3.63) is 108 Å². The molecule has 3 aromatic carbocycles. The number of nitrogens with zero attached hydrogens (tertiary/aromatic N) is 1. The van der Waals surface area contributed by atoms with E-state index in [0.717, 1.165) is 30.1 Å². The molecule has 0 aliphatic carbocycles. The Balaban J connectivity index is 1.19. The van der Waals surface area contributed by atoms with Gasteiger partial charge in [-0.1, -0.05) is 42.5 Å². The molecule has 0 saturated carbocycles. The molecule has 1 aromatic heterocycles. The van der Waals surface area contributed by atoms with Gasteiger partial charge in [-0.15, -0.1) is 11.8 Å². The number of carbonyl (C=O) groups excluding carboxylic acids is 2. The van der Waals surface area contributed by atoms with E-state index in [4.69, 9.17) is 9.47 Å². The van der Waals surface area contributed by atoms with E-state index < -0.39 is 24.1 Å². The monoisotopic (exact) mass is 586 g/mol. The van der Waals surface area contributed by atoms with Crippen molar-refractivity contribution in [2.45, 2.75) is 29.5 Å². The zero-order chi connectivity index (χ0) is 29.3. The minimum Gasteiger partial charge on any atom is -0.453 e. The van der Waals surface area contributed by atoms with Crippen molar-refractivity contribution >= 4 is 35.0 Å². The normalized spacial score (nSPS) is 13.8. The highest BCUT2D eigenvalue weighted by Crippen LogP contribution is 2.50. The van der Waals surface area contributed by atoms with Crippen molar-refractivity contribution in [1.29, 1.82) is 0 Å². The molecule has 3 N–H and O–H groups in total. The van der Waals surface area contributed by atoms with Crippen molar-refractivity contribution in [3.8, 4) is 11.5 Å². The van der Waals surface area contributed by atoms with Crippen molar-refractivity contribution in [3.63, 3.8) is 0 Å². The first kappa shape index (κ1) is 29.2. The Morgan fingerprint density at radius 1 is 0.952 bits per heavy atom. The molecule has 0 spiro atoms. The number of halogens is 1. The number of anilines is 2. The molecule has 0 fully saturated rings. The number of rotatable bonds is 12. The molecule has 2 heterocycles. The Bertz CT molecular complexity index is 1550. The maximum atomic E-state index is 15.0. The lowest BCUT2D eigenvalue weighted by Gasteiger charge is -2.13. The van der Waals surface area contributed by atoms with Crippen LogP contribution in [0.15, 0.2) is 90.0 Å². The van der Waals surface area contributed by atoms with Crippen molar-refractivity contribution in [2.75, 3.05) is 30.9 Å². The number of carbonyl (C=O) groups is 2. The van der Waals surface area contributed by atoms with Gasteiger partial charge in [-0.05, 0) is 35.4 Å². The smallest absolute Gasteiger partial charge is 0.233 e. The van der Waals surface area contributed by atoms with Crippen LogP contribution in [0.1, 0.15) is 28.5 Å². The molecule has 2 amide bonds. The number of pyridine rings is 1. The van der Waals surface area contributed by atoms with Gasteiger partial charge < -0.3 is 25.4 Å². The predicted octanol–water partition coefficient (Wildman–Crippen LogP) is 6.11. The Kier molecular flexibility index (Phi) is 9.81. The van der Waals surface area contributed by atoms with Crippen molar-refractivity contribution < 1.29 is 23.5 Å². The molecule has 1 aliphatic rings. The third-order valence-corrected chi connectivity index (χ3v) is 7.93. The minimum atomic E-state index is -0.639. The average molecular weight is 587 g/mol. The molecular weight excluding hydrogens is 555 g/mol. The van der Waals surface area contributed by atoms with Gasteiger partial charge in [0.1, 0.15) is 12.2 Å². The molecule has 5 rings (SSSR count). The van der Waals surface area contributed by atoms with Gasteiger partial charge in [0.15, 0.2) is 11.6 Å². The van der Waals surface area contributed by atoms with Crippen LogP contribution in [0.5, 0.6) is 11.5 Å².